The minimum absolute atomic E-state index is 0.00920. The number of carbonyl (C=O) groups is 1. The Morgan fingerprint density at radius 3 is 2.40 bits per heavy atom. The van der Waals surface area contributed by atoms with Crippen LogP contribution in [0.15, 0.2) is 53.1 Å². The Kier molecular flexibility index (Phi) is 6.50. The Labute approximate surface area is 177 Å². The second kappa shape index (κ2) is 8.76. The van der Waals surface area contributed by atoms with Gasteiger partial charge < -0.3 is 9.84 Å². The lowest BCUT2D eigenvalue weighted by Crippen LogP contribution is -2.28. The summed E-state index contributed by atoms with van der Waals surface area (Å²) in [5.74, 6) is -0.544. The number of halogens is 3. The third-order valence-corrected chi connectivity index (χ3v) is 6.09. The predicted octanol–water partition coefficient (Wildman–Crippen LogP) is 6.48. The van der Waals surface area contributed by atoms with E-state index < -0.39 is 23.8 Å². The quantitative estimate of drug-likeness (QED) is 0.431. The molecule has 0 radical (unpaired) electrons. The maximum absolute atomic E-state index is 12.7. The normalized spacial score (nSPS) is 18.3. The van der Waals surface area contributed by atoms with E-state index in [1.54, 1.807) is 6.07 Å². The number of alkyl halides is 3. The van der Waals surface area contributed by atoms with Gasteiger partial charge in [-0.2, -0.15) is 13.2 Å². The lowest BCUT2D eigenvalue weighted by Gasteiger charge is -2.27. The molecule has 3 nitrogen and oxygen atoms in total. The molecule has 1 heterocycles. The maximum atomic E-state index is 12.7. The smallest absolute Gasteiger partial charge is 0.416 e. The van der Waals surface area contributed by atoms with E-state index in [9.17, 15) is 23.1 Å². The van der Waals surface area contributed by atoms with E-state index in [0.29, 0.717) is 16.9 Å². The number of aryl methyl sites for hydroxylation is 2. The second-order valence-electron chi connectivity index (χ2n) is 7.56. The van der Waals surface area contributed by atoms with E-state index in [-0.39, 0.29) is 23.0 Å². The molecule has 1 aliphatic rings. The molecule has 1 N–H and O–H groups in total. The summed E-state index contributed by atoms with van der Waals surface area (Å²) in [6.07, 6.45) is -4.15. The molecule has 0 aromatic heterocycles. The van der Waals surface area contributed by atoms with Crippen molar-refractivity contribution < 1.29 is 27.8 Å². The van der Waals surface area contributed by atoms with E-state index in [1.807, 2.05) is 32.9 Å². The number of cyclic esters (lactones) is 1. The molecular formula is C23H23F3O3S. The van der Waals surface area contributed by atoms with Crippen molar-refractivity contribution >= 4 is 23.3 Å². The number of hydrogen-bond acceptors (Lipinski definition) is 4. The summed E-state index contributed by atoms with van der Waals surface area (Å²) >= 11 is 1.40. The average Bonchev–Trinajstić information content (AvgIpc) is 2.62. The highest BCUT2D eigenvalue weighted by molar-refractivity contribution is 7.99. The summed E-state index contributed by atoms with van der Waals surface area (Å²) in [4.78, 5) is 13.3. The van der Waals surface area contributed by atoms with E-state index in [1.165, 1.54) is 23.9 Å². The number of aliphatic hydroxyl groups excluding tert-OH is 1. The van der Waals surface area contributed by atoms with Gasteiger partial charge in [0.1, 0.15) is 17.4 Å². The number of esters is 1. The van der Waals surface area contributed by atoms with Crippen molar-refractivity contribution in [3.8, 4) is 0 Å². The highest BCUT2D eigenvalue weighted by Crippen LogP contribution is 2.35. The molecule has 0 saturated carbocycles. The molecule has 2 aromatic carbocycles. The van der Waals surface area contributed by atoms with E-state index in [0.717, 1.165) is 23.3 Å². The van der Waals surface area contributed by atoms with Crippen LogP contribution in [0.5, 0.6) is 0 Å². The molecule has 0 fully saturated rings. The van der Waals surface area contributed by atoms with E-state index in [4.69, 9.17) is 4.74 Å². The topological polar surface area (TPSA) is 46.5 Å². The predicted molar refractivity (Wildman–Crippen MR) is 111 cm³/mol. The van der Waals surface area contributed by atoms with Gasteiger partial charge in [-0.15, -0.1) is 11.8 Å². The molecule has 0 amide bonds. The van der Waals surface area contributed by atoms with Crippen LogP contribution in [0.4, 0.5) is 13.2 Å². The van der Waals surface area contributed by atoms with Crippen LogP contribution in [0.3, 0.4) is 0 Å². The lowest BCUT2D eigenvalue weighted by molar-refractivity contribution is -0.144. The highest BCUT2D eigenvalue weighted by Gasteiger charge is 2.32. The third-order valence-electron chi connectivity index (χ3n) is 4.95. The van der Waals surface area contributed by atoms with Crippen molar-refractivity contribution in [1.82, 2.24) is 0 Å². The van der Waals surface area contributed by atoms with E-state index in [2.05, 4.69) is 0 Å². The zero-order valence-corrected chi connectivity index (χ0v) is 17.7. The fourth-order valence-corrected chi connectivity index (χ4v) is 4.62. The lowest BCUT2D eigenvalue weighted by atomic mass is 9.94. The first-order valence-corrected chi connectivity index (χ1v) is 10.5. The van der Waals surface area contributed by atoms with Crippen LogP contribution in [0.2, 0.25) is 0 Å². The maximum Gasteiger partial charge on any atom is 0.416 e. The van der Waals surface area contributed by atoms with Gasteiger partial charge in [-0.25, -0.2) is 4.79 Å². The van der Waals surface area contributed by atoms with Gasteiger partial charge >= 0.3 is 12.1 Å². The molecular weight excluding hydrogens is 413 g/mol. The first-order chi connectivity index (χ1) is 14.0. The third kappa shape index (κ3) is 5.19. The molecule has 0 aliphatic carbocycles. The van der Waals surface area contributed by atoms with Gasteiger partial charge in [-0.1, -0.05) is 30.7 Å². The molecule has 1 aliphatic heterocycles. The summed E-state index contributed by atoms with van der Waals surface area (Å²) in [6.45, 7) is 5.75. The molecule has 3 rings (SSSR count). The number of carbonyl (C=O) groups excluding carboxylic acids is 1. The Hall–Kier alpha value is -2.41. The van der Waals surface area contributed by atoms with Gasteiger partial charge in [-0.3, -0.25) is 0 Å². The summed E-state index contributed by atoms with van der Waals surface area (Å²) in [7, 11) is 0. The standard InChI is InChI=1S/C23H23F3O3S/c1-13-4-9-19(14(2)10-13)21-20(27)12-17(29-22(21)28)11-15(3)30-18-7-5-16(6-8-18)23(24,25)26/h4-10,15,17,27H,11-12H2,1-3H3. The number of benzene rings is 2. The van der Waals surface area contributed by atoms with Crippen LogP contribution in [-0.4, -0.2) is 22.4 Å². The summed E-state index contributed by atoms with van der Waals surface area (Å²) < 4.78 is 43.6. The van der Waals surface area contributed by atoms with Crippen LogP contribution < -0.4 is 0 Å². The van der Waals surface area contributed by atoms with Crippen molar-refractivity contribution in [3.05, 3.63) is 70.5 Å². The van der Waals surface area contributed by atoms with Crippen molar-refractivity contribution in [2.45, 2.75) is 56.0 Å². The second-order valence-corrected chi connectivity index (χ2v) is 9.07. The van der Waals surface area contributed by atoms with Crippen molar-refractivity contribution in [1.29, 1.82) is 0 Å². The molecule has 0 spiro atoms. The number of thioether (sulfide) groups is 1. The van der Waals surface area contributed by atoms with Gasteiger partial charge in [0.05, 0.1) is 5.56 Å². The molecule has 0 saturated heterocycles. The Balaban J connectivity index is 1.66. The van der Waals surface area contributed by atoms with Gasteiger partial charge in [-0.05, 0) is 55.7 Å². The molecule has 7 heteroatoms. The fourth-order valence-electron chi connectivity index (χ4n) is 3.55. The summed E-state index contributed by atoms with van der Waals surface area (Å²) in [5.41, 5.74) is 2.13. The number of ether oxygens (including phenoxy) is 1. The average molecular weight is 436 g/mol. The van der Waals surface area contributed by atoms with Crippen molar-refractivity contribution in [2.24, 2.45) is 0 Å². The van der Waals surface area contributed by atoms with E-state index >= 15 is 0 Å². The zero-order chi connectivity index (χ0) is 22.1. The van der Waals surface area contributed by atoms with Gasteiger partial charge in [0.2, 0.25) is 0 Å². The van der Waals surface area contributed by atoms with Crippen LogP contribution in [0, 0.1) is 13.8 Å². The van der Waals surface area contributed by atoms with Crippen LogP contribution in [0.1, 0.15) is 42.0 Å². The Morgan fingerprint density at radius 1 is 1.17 bits per heavy atom. The largest absolute Gasteiger partial charge is 0.511 e. The number of aliphatic hydroxyl groups is 1. The number of rotatable bonds is 5. The molecule has 0 bridgehead atoms. The minimum Gasteiger partial charge on any atom is -0.511 e. The first kappa shape index (κ1) is 22.3. The molecule has 2 aromatic rings. The Bertz CT molecular complexity index is 965. The zero-order valence-electron chi connectivity index (χ0n) is 16.9. The fraction of sp³-hybridized carbons (Fsp3) is 0.348. The van der Waals surface area contributed by atoms with Gasteiger partial charge in [0.15, 0.2) is 0 Å². The van der Waals surface area contributed by atoms with Crippen molar-refractivity contribution in [2.75, 3.05) is 0 Å². The monoisotopic (exact) mass is 436 g/mol. The minimum atomic E-state index is -4.36. The van der Waals surface area contributed by atoms with Crippen LogP contribution >= 0.6 is 11.8 Å². The first-order valence-electron chi connectivity index (χ1n) is 9.59. The van der Waals surface area contributed by atoms with Crippen LogP contribution in [0.25, 0.3) is 5.57 Å². The summed E-state index contributed by atoms with van der Waals surface area (Å²) in [6, 6.07) is 10.6. The molecule has 2 atom stereocenters. The van der Waals surface area contributed by atoms with Gasteiger partial charge in [0.25, 0.3) is 0 Å². The Morgan fingerprint density at radius 2 is 1.83 bits per heavy atom. The number of hydrogen-bond donors (Lipinski definition) is 1. The SMILES string of the molecule is Cc1ccc(C2=C(O)CC(CC(C)Sc3ccc(C(F)(F)F)cc3)OC2=O)c(C)c1. The van der Waals surface area contributed by atoms with Crippen molar-refractivity contribution in [3.63, 3.8) is 0 Å². The summed E-state index contributed by atoms with van der Waals surface area (Å²) in [5, 5.41) is 10.5. The highest BCUT2D eigenvalue weighted by atomic mass is 32.2. The van der Waals surface area contributed by atoms with Gasteiger partial charge in [0, 0.05) is 16.6 Å². The van der Waals surface area contributed by atoms with Crippen LogP contribution in [-0.2, 0) is 15.7 Å². The molecule has 30 heavy (non-hydrogen) atoms. The molecule has 160 valence electrons. The molecule has 2 unspecified atom stereocenters.